The molecule has 0 spiro atoms. The summed E-state index contributed by atoms with van der Waals surface area (Å²) >= 11 is 7.99. The van der Waals surface area contributed by atoms with Gasteiger partial charge in [0, 0.05) is 11.5 Å². The second-order valence-corrected chi connectivity index (χ2v) is 6.18. The van der Waals surface area contributed by atoms with Crippen LogP contribution in [0.2, 0.25) is 0 Å². The highest BCUT2D eigenvalue weighted by atomic mass is 79.9. The number of amides is 1. The van der Waals surface area contributed by atoms with Gasteiger partial charge in [0.25, 0.3) is 5.91 Å². The molecule has 0 aliphatic heterocycles. The van der Waals surface area contributed by atoms with Crippen LogP contribution in [-0.4, -0.2) is 23.9 Å². The SMILES string of the molecule is CC(C#N)N(C)C(=O)c1cc(Br)c(Br)s1. The lowest BCUT2D eigenvalue weighted by Crippen LogP contribution is -2.33. The van der Waals surface area contributed by atoms with Gasteiger partial charge in [0.2, 0.25) is 0 Å². The van der Waals surface area contributed by atoms with E-state index in [1.54, 1.807) is 20.0 Å². The average molecular weight is 352 g/mol. The van der Waals surface area contributed by atoms with Crippen molar-refractivity contribution in [3.63, 3.8) is 0 Å². The summed E-state index contributed by atoms with van der Waals surface area (Å²) in [6.07, 6.45) is 0. The Kier molecular flexibility index (Phi) is 4.32. The fourth-order valence-electron chi connectivity index (χ4n) is 0.888. The zero-order chi connectivity index (χ0) is 11.6. The van der Waals surface area contributed by atoms with Crippen LogP contribution in [0.1, 0.15) is 16.6 Å². The molecule has 6 heteroatoms. The standard InChI is InChI=1S/C9H8Br2N2OS/c1-5(4-12)13(2)9(14)7-3-6(10)8(11)15-7/h3,5H,1-2H3. The van der Waals surface area contributed by atoms with Crippen molar-refractivity contribution < 1.29 is 4.79 Å². The molecule has 0 saturated heterocycles. The Bertz CT molecular complexity index is 405. The summed E-state index contributed by atoms with van der Waals surface area (Å²) in [4.78, 5) is 13.9. The molecule has 80 valence electrons. The van der Waals surface area contributed by atoms with Crippen molar-refractivity contribution in [2.45, 2.75) is 13.0 Å². The lowest BCUT2D eigenvalue weighted by atomic mass is 10.3. The largest absolute Gasteiger partial charge is 0.325 e. The molecule has 0 N–H and O–H groups in total. The summed E-state index contributed by atoms with van der Waals surface area (Å²) < 4.78 is 1.73. The van der Waals surface area contributed by atoms with Gasteiger partial charge < -0.3 is 4.90 Å². The molecule has 1 amide bonds. The van der Waals surface area contributed by atoms with Gasteiger partial charge in [-0.2, -0.15) is 5.26 Å². The number of rotatable bonds is 2. The molecule has 0 bridgehead atoms. The number of halogens is 2. The van der Waals surface area contributed by atoms with Crippen LogP contribution in [0.25, 0.3) is 0 Å². The molecule has 3 nitrogen and oxygen atoms in total. The van der Waals surface area contributed by atoms with E-state index in [1.807, 2.05) is 6.07 Å². The minimum Gasteiger partial charge on any atom is -0.325 e. The first-order chi connectivity index (χ1) is 6.97. The summed E-state index contributed by atoms with van der Waals surface area (Å²) in [6, 6.07) is 3.35. The van der Waals surface area contributed by atoms with Crippen LogP contribution < -0.4 is 0 Å². The highest BCUT2D eigenvalue weighted by Crippen LogP contribution is 2.32. The Morgan fingerprint density at radius 3 is 2.67 bits per heavy atom. The van der Waals surface area contributed by atoms with E-state index in [0.29, 0.717) is 4.88 Å². The maximum Gasteiger partial charge on any atom is 0.264 e. The number of carbonyl (C=O) groups is 1. The number of nitrogens with zero attached hydrogens (tertiary/aromatic N) is 2. The van der Waals surface area contributed by atoms with E-state index in [-0.39, 0.29) is 5.91 Å². The quantitative estimate of drug-likeness (QED) is 0.820. The van der Waals surface area contributed by atoms with E-state index in [9.17, 15) is 4.79 Å². The number of nitriles is 1. The van der Waals surface area contributed by atoms with E-state index < -0.39 is 6.04 Å². The molecule has 1 heterocycles. The van der Waals surface area contributed by atoms with Gasteiger partial charge in [-0.15, -0.1) is 11.3 Å². The molecule has 0 saturated carbocycles. The minimum atomic E-state index is -0.419. The van der Waals surface area contributed by atoms with Crippen molar-refractivity contribution in [3.05, 3.63) is 19.2 Å². The number of hydrogen-bond acceptors (Lipinski definition) is 3. The molecule has 15 heavy (non-hydrogen) atoms. The summed E-state index contributed by atoms with van der Waals surface area (Å²) in [5.41, 5.74) is 0. The van der Waals surface area contributed by atoms with E-state index >= 15 is 0 Å². The van der Waals surface area contributed by atoms with Crippen molar-refractivity contribution in [1.29, 1.82) is 5.26 Å². The second-order valence-electron chi connectivity index (χ2n) is 2.95. The van der Waals surface area contributed by atoms with Crippen molar-refractivity contribution in [2.24, 2.45) is 0 Å². The summed E-state index contributed by atoms with van der Waals surface area (Å²) in [5.74, 6) is -0.138. The van der Waals surface area contributed by atoms with Crippen LogP contribution in [0.3, 0.4) is 0 Å². The fraction of sp³-hybridized carbons (Fsp3) is 0.333. The van der Waals surface area contributed by atoms with Crippen molar-refractivity contribution in [3.8, 4) is 6.07 Å². The lowest BCUT2D eigenvalue weighted by molar-refractivity contribution is 0.0778. The molecular weight excluding hydrogens is 344 g/mol. The third kappa shape index (κ3) is 2.80. The maximum atomic E-state index is 11.9. The normalized spacial score (nSPS) is 11.9. The Morgan fingerprint density at radius 2 is 2.27 bits per heavy atom. The van der Waals surface area contributed by atoms with Gasteiger partial charge in [-0.1, -0.05) is 0 Å². The smallest absolute Gasteiger partial charge is 0.264 e. The first kappa shape index (κ1) is 12.7. The van der Waals surface area contributed by atoms with Crippen molar-refractivity contribution in [2.75, 3.05) is 7.05 Å². The number of carbonyl (C=O) groups excluding carboxylic acids is 1. The molecule has 0 aliphatic rings. The van der Waals surface area contributed by atoms with Gasteiger partial charge in [-0.05, 0) is 44.8 Å². The number of hydrogen-bond donors (Lipinski definition) is 0. The highest BCUT2D eigenvalue weighted by molar-refractivity contribution is 9.13. The van der Waals surface area contributed by atoms with Crippen LogP contribution in [0.5, 0.6) is 0 Å². The second kappa shape index (κ2) is 5.10. The van der Waals surface area contributed by atoms with Crippen LogP contribution in [0.4, 0.5) is 0 Å². The van der Waals surface area contributed by atoms with Gasteiger partial charge in [-0.3, -0.25) is 4.79 Å². The van der Waals surface area contributed by atoms with Crippen LogP contribution in [-0.2, 0) is 0 Å². The van der Waals surface area contributed by atoms with Gasteiger partial charge in [0.1, 0.15) is 6.04 Å². The Morgan fingerprint density at radius 1 is 1.67 bits per heavy atom. The van der Waals surface area contributed by atoms with Crippen molar-refractivity contribution >= 4 is 49.1 Å². The van der Waals surface area contributed by atoms with E-state index in [2.05, 4.69) is 31.9 Å². The number of thiophene rings is 1. The first-order valence-corrected chi connectivity index (χ1v) is 6.49. The molecule has 0 aromatic carbocycles. The predicted molar refractivity (Wildman–Crippen MR) is 66.9 cm³/mol. The van der Waals surface area contributed by atoms with E-state index in [4.69, 9.17) is 5.26 Å². The average Bonchev–Trinajstić information content (AvgIpc) is 2.56. The summed E-state index contributed by atoms with van der Waals surface area (Å²) in [7, 11) is 1.62. The first-order valence-electron chi connectivity index (χ1n) is 4.09. The molecular formula is C9H8Br2N2OS. The molecule has 0 fully saturated rings. The van der Waals surface area contributed by atoms with Crippen LogP contribution in [0.15, 0.2) is 14.3 Å². The fourth-order valence-corrected chi connectivity index (χ4v) is 2.91. The molecule has 1 aromatic heterocycles. The molecule has 1 unspecified atom stereocenters. The Labute approximate surface area is 109 Å². The predicted octanol–water partition coefficient (Wildman–Crippen LogP) is 3.26. The maximum absolute atomic E-state index is 11.9. The van der Waals surface area contributed by atoms with Crippen LogP contribution >= 0.6 is 43.2 Å². The summed E-state index contributed by atoms with van der Waals surface area (Å²) in [5, 5.41) is 8.70. The third-order valence-electron chi connectivity index (χ3n) is 1.94. The van der Waals surface area contributed by atoms with E-state index in [0.717, 1.165) is 8.26 Å². The van der Waals surface area contributed by atoms with Gasteiger partial charge in [0.05, 0.1) is 14.7 Å². The Hall–Kier alpha value is -0.380. The van der Waals surface area contributed by atoms with Crippen LogP contribution in [0, 0.1) is 11.3 Å². The minimum absolute atomic E-state index is 0.138. The summed E-state index contributed by atoms with van der Waals surface area (Å²) in [6.45, 7) is 1.69. The topological polar surface area (TPSA) is 44.1 Å². The van der Waals surface area contributed by atoms with Crippen molar-refractivity contribution in [1.82, 2.24) is 4.90 Å². The monoisotopic (exact) mass is 350 g/mol. The molecule has 1 rings (SSSR count). The van der Waals surface area contributed by atoms with E-state index in [1.165, 1.54) is 16.2 Å². The van der Waals surface area contributed by atoms with Gasteiger partial charge in [-0.25, -0.2) is 0 Å². The zero-order valence-electron chi connectivity index (χ0n) is 8.12. The zero-order valence-corrected chi connectivity index (χ0v) is 12.1. The van der Waals surface area contributed by atoms with Gasteiger partial charge in [0.15, 0.2) is 0 Å². The molecule has 1 aromatic rings. The molecule has 0 aliphatic carbocycles. The van der Waals surface area contributed by atoms with Gasteiger partial charge >= 0.3 is 0 Å². The highest BCUT2D eigenvalue weighted by Gasteiger charge is 2.19. The lowest BCUT2D eigenvalue weighted by Gasteiger charge is -2.18. The third-order valence-corrected chi connectivity index (χ3v) is 5.19. The molecule has 1 atom stereocenters. The molecule has 0 radical (unpaired) electrons. The Balaban J connectivity index is 2.91.